The molecular formula is C15H16Cl2N2S. The zero-order valence-corrected chi connectivity index (χ0v) is 13.7. The molecule has 2 aromatic rings. The van der Waals surface area contributed by atoms with Crippen LogP contribution in [0.2, 0.25) is 9.36 Å². The number of allylic oxidation sites excluding steroid dienone is 2. The first-order valence-corrected chi connectivity index (χ1v) is 8.05. The molecule has 1 aromatic heterocycles. The number of nitrogens with one attached hydrogen (secondary N) is 1. The molecule has 0 aliphatic carbocycles. The molecule has 2 nitrogen and oxygen atoms in total. The fourth-order valence-electron chi connectivity index (χ4n) is 2.28. The van der Waals surface area contributed by atoms with Gasteiger partial charge in [0.1, 0.15) is 4.34 Å². The minimum atomic E-state index is 0.451. The van der Waals surface area contributed by atoms with Crippen molar-refractivity contribution in [1.29, 1.82) is 5.41 Å². The van der Waals surface area contributed by atoms with Crippen molar-refractivity contribution >= 4 is 45.8 Å². The highest BCUT2D eigenvalue weighted by atomic mass is 35.5. The van der Waals surface area contributed by atoms with Gasteiger partial charge in [0, 0.05) is 16.9 Å². The highest BCUT2D eigenvalue weighted by molar-refractivity contribution is 7.13. The van der Waals surface area contributed by atoms with Gasteiger partial charge in [-0.2, -0.15) is 0 Å². The Hall–Kier alpha value is -1.03. The topological polar surface area (TPSA) is 28.8 Å². The van der Waals surface area contributed by atoms with E-state index in [0.29, 0.717) is 9.14 Å². The summed E-state index contributed by atoms with van der Waals surface area (Å²) in [6.45, 7) is 4.22. The third kappa shape index (κ3) is 3.17. The zero-order chi connectivity index (χ0) is 14.7. The second-order valence-corrected chi connectivity index (χ2v) is 6.45. The summed E-state index contributed by atoms with van der Waals surface area (Å²) in [5.41, 5.74) is 3.48. The molecule has 0 aliphatic rings. The normalized spacial score (nSPS) is 12.4. The first kappa shape index (κ1) is 15.4. The van der Waals surface area contributed by atoms with Crippen LogP contribution in [0.1, 0.15) is 32.3 Å². The van der Waals surface area contributed by atoms with E-state index in [1.54, 1.807) is 0 Å². The van der Waals surface area contributed by atoms with E-state index in [2.05, 4.69) is 13.8 Å². The molecule has 1 aromatic carbocycles. The van der Waals surface area contributed by atoms with Gasteiger partial charge >= 0.3 is 0 Å². The lowest BCUT2D eigenvalue weighted by Crippen LogP contribution is -2.12. The molecule has 0 saturated carbocycles. The maximum Gasteiger partial charge on any atom is 0.187 e. The fraction of sp³-hybridized carbons (Fsp3) is 0.267. The summed E-state index contributed by atoms with van der Waals surface area (Å²) >= 11 is 13.2. The largest absolute Gasteiger partial charge is 0.295 e. The zero-order valence-electron chi connectivity index (χ0n) is 11.4. The van der Waals surface area contributed by atoms with Crippen molar-refractivity contribution in [3.63, 3.8) is 0 Å². The Morgan fingerprint density at radius 2 is 1.80 bits per heavy atom. The number of rotatable bonds is 4. The molecule has 0 fully saturated rings. The van der Waals surface area contributed by atoms with E-state index < -0.39 is 0 Å². The number of nitrogens with zero attached hydrogens (tertiary/aromatic N) is 1. The van der Waals surface area contributed by atoms with Gasteiger partial charge in [0.15, 0.2) is 4.80 Å². The Morgan fingerprint density at radius 1 is 1.15 bits per heavy atom. The van der Waals surface area contributed by atoms with Crippen LogP contribution in [0.5, 0.6) is 0 Å². The summed E-state index contributed by atoms with van der Waals surface area (Å²) in [5.74, 6) is 0. The average molecular weight is 327 g/mol. The molecule has 0 amide bonds. The van der Waals surface area contributed by atoms with Gasteiger partial charge < -0.3 is 0 Å². The maximum absolute atomic E-state index is 8.03. The van der Waals surface area contributed by atoms with E-state index >= 15 is 0 Å². The number of hydrogen-bond acceptors (Lipinski definition) is 2. The summed E-state index contributed by atoms with van der Waals surface area (Å²) in [7, 11) is 0. The minimum absolute atomic E-state index is 0.451. The van der Waals surface area contributed by atoms with Crippen molar-refractivity contribution in [3.05, 3.63) is 50.2 Å². The second kappa shape index (κ2) is 6.61. The third-order valence-electron chi connectivity index (χ3n) is 3.16. The van der Waals surface area contributed by atoms with Crippen LogP contribution in [-0.4, -0.2) is 4.57 Å². The molecule has 0 bridgehead atoms. The molecule has 106 valence electrons. The van der Waals surface area contributed by atoms with Crippen LogP contribution in [0.4, 0.5) is 0 Å². The van der Waals surface area contributed by atoms with E-state index in [1.807, 2.05) is 35.0 Å². The van der Waals surface area contributed by atoms with Gasteiger partial charge in [-0.15, -0.1) is 0 Å². The standard InChI is InChI=1S/C15H16Cl2N2S/c1-3-12(10-5-7-11(16)8-6-10)13(4-2)19-9-14(17)20-15(19)18/h5-9,18H,3-4H2,1-2H3. The number of hydrogen-bond donors (Lipinski definition) is 1. The predicted molar refractivity (Wildman–Crippen MR) is 88.3 cm³/mol. The smallest absolute Gasteiger partial charge is 0.187 e. The number of benzene rings is 1. The lowest BCUT2D eigenvalue weighted by molar-refractivity contribution is 0.944. The molecule has 0 spiro atoms. The molecule has 0 radical (unpaired) electrons. The van der Waals surface area contributed by atoms with Gasteiger partial charge in [0.05, 0.1) is 0 Å². The van der Waals surface area contributed by atoms with E-state index in [-0.39, 0.29) is 0 Å². The fourth-order valence-corrected chi connectivity index (χ4v) is 3.33. The Balaban J connectivity index is 2.62. The average Bonchev–Trinajstić information content (AvgIpc) is 2.76. The van der Waals surface area contributed by atoms with Gasteiger partial charge in [-0.05, 0) is 36.1 Å². The summed E-state index contributed by atoms with van der Waals surface area (Å²) in [4.78, 5) is 0.451. The Morgan fingerprint density at radius 3 is 2.25 bits per heavy atom. The molecule has 0 atom stereocenters. The lowest BCUT2D eigenvalue weighted by Gasteiger charge is -2.14. The molecule has 0 saturated heterocycles. The van der Waals surface area contributed by atoms with Crippen molar-refractivity contribution < 1.29 is 0 Å². The second-order valence-electron chi connectivity index (χ2n) is 4.35. The van der Waals surface area contributed by atoms with Crippen LogP contribution >= 0.6 is 34.5 Å². The first-order chi connectivity index (χ1) is 9.56. The molecule has 1 N–H and O–H groups in total. The van der Waals surface area contributed by atoms with Crippen molar-refractivity contribution in [2.75, 3.05) is 0 Å². The van der Waals surface area contributed by atoms with Gasteiger partial charge in [0.25, 0.3) is 0 Å². The molecule has 0 unspecified atom stereocenters. The molecular weight excluding hydrogens is 311 g/mol. The van der Waals surface area contributed by atoms with Crippen molar-refractivity contribution in [2.24, 2.45) is 0 Å². The Labute approximate surface area is 132 Å². The van der Waals surface area contributed by atoms with Crippen LogP contribution in [0.25, 0.3) is 11.3 Å². The highest BCUT2D eigenvalue weighted by Gasteiger charge is 2.11. The molecule has 5 heteroatoms. The minimum Gasteiger partial charge on any atom is -0.295 e. The van der Waals surface area contributed by atoms with Crippen LogP contribution in [-0.2, 0) is 0 Å². The van der Waals surface area contributed by atoms with E-state index in [1.165, 1.54) is 16.9 Å². The van der Waals surface area contributed by atoms with E-state index in [4.69, 9.17) is 28.6 Å². The van der Waals surface area contributed by atoms with Crippen LogP contribution in [0, 0.1) is 5.41 Å². The van der Waals surface area contributed by atoms with Gasteiger partial charge in [0.2, 0.25) is 0 Å². The number of aromatic nitrogens is 1. The van der Waals surface area contributed by atoms with Gasteiger partial charge in [-0.25, -0.2) is 0 Å². The van der Waals surface area contributed by atoms with Crippen molar-refractivity contribution in [1.82, 2.24) is 4.57 Å². The van der Waals surface area contributed by atoms with E-state index in [9.17, 15) is 0 Å². The first-order valence-electron chi connectivity index (χ1n) is 6.47. The summed E-state index contributed by atoms with van der Waals surface area (Å²) < 4.78 is 2.51. The number of halogens is 2. The Kier molecular flexibility index (Phi) is 5.08. The van der Waals surface area contributed by atoms with Crippen LogP contribution in [0.3, 0.4) is 0 Å². The third-order valence-corrected chi connectivity index (χ3v) is 4.44. The molecule has 1 heterocycles. The molecule has 0 aliphatic heterocycles. The quantitative estimate of drug-likeness (QED) is 0.765. The monoisotopic (exact) mass is 326 g/mol. The van der Waals surface area contributed by atoms with Crippen molar-refractivity contribution in [3.8, 4) is 0 Å². The van der Waals surface area contributed by atoms with Crippen LogP contribution in [0.15, 0.2) is 30.5 Å². The molecule has 2 rings (SSSR count). The van der Waals surface area contributed by atoms with E-state index in [0.717, 1.165) is 29.1 Å². The summed E-state index contributed by atoms with van der Waals surface area (Å²) in [6, 6.07) is 7.84. The highest BCUT2D eigenvalue weighted by Crippen LogP contribution is 2.28. The number of thiazole rings is 1. The van der Waals surface area contributed by atoms with Crippen molar-refractivity contribution in [2.45, 2.75) is 26.7 Å². The van der Waals surface area contributed by atoms with Crippen LogP contribution < -0.4 is 4.80 Å². The predicted octanol–water partition coefficient (Wildman–Crippen LogP) is 5.52. The summed E-state index contributed by atoms with van der Waals surface area (Å²) in [5, 5.41) is 8.76. The summed E-state index contributed by atoms with van der Waals surface area (Å²) in [6.07, 6.45) is 3.55. The Bertz CT molecular complexity index is 681. The SMILES string of the molecule is CCC(=C(CC)n1cc(Cl)sc1=N)c1ccc(Cl)cc1. The molecule has 20 heavy (non-hydrogen) atoms. The maximum atomic E-state index is 8.03. The lowest BCUT2D eigenvalue weighted by atomic mass is 10.00. The van der Waals surface area contributed by atoms with Gasteiger partial charge in [-0.3, -0.25) is 9.98 Å². The van der Waals surface area contributed by atoms with Gasteiger partial charge in [-0.1, -0.05) is 60.5 Å².